The molecule has 2 aromatic carbocycles. The van der Waals surface area contributed by atoms with Gasteiger partial charge in [0.2, 0.25) is 0 Å². The SMILES string of the molecule is O=[N+]([O-])C1Cc2ccccc2N1S(=O)(=O)c1ccccc1. The second-order valence-corrected chi connectivity index (χ2v) is 6.53. The van der Waals surface area contributed by atoms with Crippen molar-refractivity contribution in [2.45, 2.75) is 17.5 Å². The molecule has 1 heterocycles. The summed E-state index contributed by atoms with van der Waals surface area (Å²) in [6, 6.07) is 14.5. The summed E-state index contributed by atoms with van der Waals surface area (Å²) in [5, 5.41) is 11.3. The molecule has 0 bridgehead atoms. The van der Waals surface area contributed by atoms with Crippen molar-refractivity contribution >= 4 is 15.7 Å². The van der Waals surface area contributed by atoms with Crippen molar-refractivity contribution in [3.63, 3.8) is 0 Å². The quantitative estimate of drug-likeness (QED) is 0.642. The highest BCUT2D eigenvalue weighted by molar-refractivity contribution is 7.92. The Kier molecular flexibility index (Phi) is 3.13. The Balaban J connectivity index is 2.17. The van der Waals surface area contributed by atoms with Crippen LogP contribution in [-0.4, -0.2) is 19.5 Å². The zero-order valence-corrected chi connectivity index (χ0v) is 11.7. The minimum absolute atomic E-state index is 0.0496. The number of anilines is 1. The van der Waals surface area contributed by atoms with Gasteiger partial charge >= 0.3 is 6.17 Å². The van der Waals surface area contributed by atoms with Gasteiger partial charge in [0.1, 0.15) is 0 Å². The molecule has 1 unspecified atom stereocenters. The third-order valence-corrected chi connectivity index (χ3v) is 5.27. The molecular weight excluding hydrogens is 292 g/mol. The van der Waals surface area contributed by atoms with Gasteiger partial charge in [-0.05, 0) is 23.8 Å². The minimum atomic E-state index is -3.95. The molecule has 1 atom stereocenters. The average molecular weight is 304 g/mol. The molecule has 3 rings (SSSR count). The van der Waals surface area contributed by atoms with Gasteiger partial charge in [-0.25, -0.2) is 12.7 Å². The fourth-order valence-corrected chi connectivity index (χ4v) is 4.13. The molecule has 108 valence electrons. The largest absolute Gasteiger partial charge is 0.304 e. The maximum atomic E-state index is 12.7. The van der Waals surface area contributed by atoms with Gasteiger partial charge in [0, 0.05) is 4.92 Å². The van der Waals surface area contributed by atoms with E-state index in [0.29, 0.717) is 11.3 Å². The van der Waals surface area contributed by atoms with Crippen molar-refractivity contribution in [1.29, 1.82) is 0 Å². The number of sulfonamides is 1. The van der Waals surface area contributed by atoms with Crippen LogP contribution in [0.1, 0.15) is 5.56 Å². The Morgan fingerprint density at radius 3 is 2.33 bits per heavy atom. The Morgan fingerprint density at radius 1 is 1.05 bits per heavy atom. The number of fused-ring (bicyclic) bond motifs is 1. The van der Waals surface area contributed by atoms with E-state index in [2.05, 4.69) is 0 Å². The van der Waals surface area contributed by atoms with Crippen molar-refractivity contribution in [1.82, 2.24) is 0 Å². The first-order valence-corrected chi connectivity index (χ1v) is 7.77. The van der Waals surface area contributed by atoms with Crippen LogP contribution in [-0.2, 0) is 16.4 Å². The number of hydrogen-bond donors (Lipinski definition) is 0. The lowest BCUT2D eigenvalue weighted by Gasteiger charge is -2.21. The fraction of sp³-hybridized carbons (Fsp3) is 0.143. The predicted octanol–water partition coefficient (Wildman–Crippen LogP) is 2.04. The molecule has 0 amide bonds. The van der Waals surface area contributed by atoms with Crippen molar-refractivity contribution in [3.05, 3.63) is 70.3 Å². The maximum absolute atomic E-state index is 12.7. The van der Waals surface area contributed by atoms with E-state index in [1.165, 1.54) is 12.1 Å². The van der Waals surface area contributed by atoms with Crippen LogP contribution in [0.3, 0.4) is 0 Å². The zero-order chi connectivity index (χ0) is 15.0. The second kappa shape index (κ2) is 4.85. The number of nitrogens with zero attached hydrogens (tertiary/aromatic N) is 2. The molecule has 7 heteroatoms. The fourth-order valence-electron chi connectivity index (χ4n) is 2.49. The minimum Gasteiger partial charge on any atom is -0.262 e. The standard InChI is InChI=1S/C14H12N2O4S/c17-16(18)14-10-11-6-4-5-9-13(11)15(14)21(19,20)12-7-2-1-3-8-12/h1-9,14H,10H2. The number of nitro groups is 1. The predicted molar refractivity (Wildman–Crippen MR) is 77.0 cm³/mol. The second-order valence-electron chi connectivity index (χ2n) is 4.71. The molecule has 1 aliphatic rings. The molecule has 0 fully saturated rings. The van der Waals surface area contributed by atoms with E-state index in [1.54, 1.807) is 42.5 Å². The molecule has 0 radical (unpaired) electrons. The molecule has 2 aromatic rings. The normalized spacial score (nSPS) is 17.5. The summed E-state index contributed by atoms with van der Waals surface area (Å²) < 4.78 is 26.4. The Morgan fingerprint density at radius 2 is 1.67 bits per heavy atom. The van der Waals surface area contributed by atoms with Gasteiger partial charge in [-0.1, -0.05) is 36.4 Å². The number of benzene rings is 2. The summed E-state index contributed by atoms with van der Waals surface area (Å²) in [7, 11) is -3.95. The summed E-state index contributed by atoms with van der Waals surface area (Å²) in [6.07, 6.45) is -1.22. The van der Waals surface area contributed by atoms with Gasteiger partial charge in [0.15, 0.2) is 0 Å². The van der Waals surface area contributed by atoms with Gasteiger partial charge < -0.3 is 0 Å². The summed E-state index contributed by atoms with van der Waals surface area (Å²) >= 11 is 0. The van der Waals surface area contributed by atoms with E-state index in [-0.39, 0.29) is 11.3 Å². The first kappa shape index (κ1) is 13.6. The molecule has 0 aliphatic carbocycles. The van der Waals surface area contributed by atoms with Crippen LogP contribution in [0.5, 0.6) is 0 Å². The summed E-state index contributed by atoms with van der Waals surface area (Å²) in [5.41, 5.74) is 1.04. The summed E-state index contributed by atoms with van der Waals surface area (Å²) in [4.78, 5) is 10.8. The lowest BCUT2D eigenvalue weighted by atomic mass is 10.2. The summed E-state index contributed by atoms with van der Waals surface area (Å²) in [5.74, 6) is 0. The van der Waals surface area contributed by atoms with Gasteiger partial charge in [-0.3, -0.25) is 10.1 Å². The third-order valence-electron chi connectivity index (χ3n) is 3.45. The molecule has 21 heavy (non-hydrogen) atoms. The van der Waals surface area contributed by atoms with E-state index >= 15 is 0 Å². The van der Waals surface area contributed by atoms with E-state index in [0.717, 1.165) is 4.31 Å². The van der Waals surface area contributed by atoms with E-state index in [9.17, 15) is 18.5 Å². The highest BCUT2D eigenvalue weighted by Gasteiger charge is 2.45. The Hall–Kier alpha value is -2.41. The Bertz CT molecular complexity index is 790. The first-order chi connectivity index (χ1) is 10.0. The van der Waals surface area contributed by atoms with E-state index in [1.807, 2.05) is 0 Å². The summed E-state index contributed by atoms with van der Waals surface area (Å²) in [6.45, 7) is 0. The van der Waals surface area contributed by atoms with Gasteiger partial charge in [0.25, 0.3) is 10.0 Å². The molecule has 0 saturated carbocycles. The molecule has 0 N–H and O–H groups in total. The van der Waals surface area contributed by atoms with Gasteiger partial charge in [0.05, 0.1) is 17.0 Å². The van der Waals surface area contributed by atoms with Crippen LogP contribution in [0.25, 0.3) is 0 Å². The molecule has 6 nitrogen and oxygen atoms in total. The van der Waals surface area contributed by atoms with Crippen molar-refractivity contribution < 1.29 is 13.3 Å². The third kappa shape index (κ3) is 2.15. The molecule has 0 spiro atoms. The van der Waals surface area contributed by atoms with Crippen molar-refractivity contribution in [2.75, 3.05) is 4.31 Å². The Labute approximate surface area is 121 Å². The highest BCUT2D eigenvalue weighted by atomic mass is 32.2. The highest BCUT2D eigenvalue weighted by Crippen LogP contribution is 2.36. The number of hydrogen-bond acceptors (Lipinski definition) is 4. The van der Waals surface area contributed by atoms with Crippen molar-refractivity contribution in [2.24, 2.45) is 0 Å². The molecular formula is C14H12N2O4S. The van der Waals surface area contributed by atoms with Crippen LogP contribution in [0.15, 0.2) is 59.5 Å². The first-order valence-electron chi connectivity index (χ1n) is 6.33. The van der Waals surface area contributed by atoms with Crippen LogP contribution in [0.4, 0.5) is 5.69 Å². The van der Waals surface area contributed by atoms with Gasteiger partial charge in [-0.15, -0.1) is 0 Å². The molecule has 1 aliphatic heterocycles. The molecule has 0 saturated heterocycles. The van der Waals surface area contributed by atoms with Crippen molar-refractivity contribution in [3.8, 4) is 0 Å². The average Bonchev–Trinajstić information content (AvgIpc) is 2.88. The smallest absolute Gasteiger partial charge is 0.262 e. The van der Waals surface area contributed by atoms with E-state index < -0.39 is 21.1 Å². The van der Waals surface area contributed by atoms with E-state index in [4.69, 9.17) is 0 Å². The lowest BCUT2D eigenvalue weighted by molar-refractivity contribution is -0.516. The monoisotopic (exact) mass is 304 g/mol. The number of para-hydroxylation sites is 1. The maximum Gasteiger partial charge on any atom is 0.304 e. The topological polar surface area (TPSA) is 80.5 Å². The zero-order valence-electron chi connectivity index (χ0n) is 10.9. The van der Waals surface area contributed by atoms with Crippen LogP contribution < -0.4 is 4.31 Å². The van der Waals surface area contributed by atoms with Gasteiger partial charge in [-0.2, -0.15) is 0 Å². The number of rotatable bonds is 3. The van der Waals surface area contributed by atoms with Crippen LogP contribution in [0, 0.1) is 10.1 Å². The lowest BCUT2D eigenvalue weighted by Crippen LogP contribution is -2.42. The van der Waals surface area contributed by atoms with Crippen LogP contribution >= 0.6 is 0 Å². The molecule has 0 aromatic heterocycles. The van der Waals surface area contributed by atoms with Crippen LogP contribution in [0.2, 0.25) is 0 Å².